The van der Waals surface area contributed by atoms with Crippen LogP contribution in [0.2, 0.25) is 5.02 Å². The molecule has 0 atom stereocenters. The molecule has 2 rings (SSSR count). The molecule has 0 fully saturated rings. The van der Waals surface area contributed by atoms with Gasteiger partial charge in [0.1, 0.15) is 12.3 Å². The van der Waals surface area contributed by atoms with Crippen molar-refractivity contribution in [1.82, 2.24) is 0 Å². The minimum Gasteiger partial charge on any atom is -0.495 e. The average molecular weight is 347 g/mol. The quantitative estimate of drug-likeness (QED) is 0.899. The van der Waals surface area contributed by atoms with Crippen LogP contribution in [-0.2, 0) is 9.59 Å². The second-order valence-electron chi connectivity index (χ2n) is 5.28. The van der Waals surface area contributed by atoms with Crippen molar-refractivity contribution >= 4 is 34.8 Å². The summed E-state index contributed by atoms with van der Waals surface area (Å²) in [7, 11) is 1.52. The molecule has 0 saturated heterocycles. The summed E-state index contributed by atoms with van der Waals surface area (Å²) in [5.74, 6) is -0.0211. The van der Waals surface area contributed by atoms with E-state index in [1.165, 1.54) is 18.9 Å². The number of aryl methyl sites for hydroxylation is 1. The summed E-state index contributed by atoms with van der Waals surface area (Å²) >= 11 is 5.91. The Hall–Kier alpha value is -2.53. The number of benzene rings is 2. The van der Waals surface area contributed by atoms with Gasteiger partial charge < -0.3 is 10.1 Å². The second-order valence-corrected chi connectivity index (χ2v) is 5.72. The van der Waals surface area contributed by atoms with Crippen LogP contribution in [0.1, 0.15) is 12.5 Å². The van der Waals surface area contributed by atoms with Gasteiger partial charge >= 0.3 is 0 Å². The molecule has 24 heavy (non-hydrogen) atoms. The first kappa shape index (κ1) is 17.8. The van der Waals surface area contributed by atoms with Crippen LogP contribution in [0.4, 0.5) is 11.4 Å². The summed E-state index contributed by atoms with van der Waals surface area (Å²) in [5, 5.41) is 3.40. The molecule has 0 spiro atoms. The van der Waals surface area contributed by atoms with Crippen LogP contribution in [0.25, 0.3) is 0 Å². The molecule has 0 unspecified atom stereocenters. The number of methoxy groups -OCH3 is 1. The molecule has 0 bridgehead atoms. The summed E-state index contributed by atoms with van der Waals surface area (Å²) < 4.78 is 5.27. The molecule has 0 aliphatic carbocycles. The molecule has 126 valence electrons. The van der Waals surface area contributed by atoms with E-state index in [0.717, 1.165) is 5.56 Å². The van der Waals surface area contributed by atoms with Gasteiger partial charge in [-0.15, -0.1) is 0 Å². The number of hydrogen-bond donors (Lipinski definition) is 1. The van der Waals surface area contributed by atoms with E-state index >= 15 is 0 Å². The highest BCUT2D eigenvalue weighted by Crippen LogP contribution is 2.28. The zero-order valence-electron chi connectivity index (χ0n) is 13.8. The summed E-state index contributed by atoms with van der Waals surface area (Å²) in [6, 6.07) is 12.3. The molecule has 0 aliphatic heterocycles. The first-order valence-electron chi connectivity index (χ1n) is 7.39. The Morgan fingerprint density at radius 2 is 1.92 bits per heavy atom. The number of nitrogens with zero attached hydrogens (tertiary/aromatic N) is 1. The van der Waals surface area contributed by atoms with Crippen molar-refractivity contribution in [2.75, 3.05) is 23.9 Å². The molecule has 2 amide bonds. The van der Waals surface area contributed by atoms with E-state index < -0.39 is 0 Å². The Balaban J connectivity index is 2.18. The highest BCUT2D eigenvalue weighted by atomic mass is 35.5. The number of carbonyl (C=O) groups is 2. The van der Waals surface area contributed by atoms with E-state index in [4.69, 9.17) is 16.3 Å². The number of hydrogen-bond acceptors (Lipinski definition) is 3. The lowest BCUT2D eigenvalue weighted by Gasteiger charge is -2.23. The van der Waals surface area contributed by atoms with Gasteiger partial charge in [-0.05, 0) is 42.8 Å². The maximum Gasteiger partial charge on any atom is 0.244 e. The van der Waals surface area contributed by atoms with Crippen molar-refractivity contribution in [2.45, 2.75) is 13.8 Å². The van der Waals surface area contributed by atoms with Crippen LogP contribution in [0, 0.1) is 6.92 Å². The molecule has 1 N–H and O–H groups in total. The van der Waals surface area contributed by atoms with Gasteiger partial charge in [0, 0.05) is 17.6 Å². The van der Waals surface area contributed by atoms with Crippen molar-refractivity contribution in [3.8, 4) is 5.75 Å². The number of halogens is 1. The SMILES string of the molecule is COc1ccccc1N(CC(=O)Nc1ccc(Cl)cc1C)C(C)=O. The van der Waals surface area contributed by atoms with E-state index in [9.17, 15) is 9.59 Å². The molecule has 5 nitrogen and oxygen atoms in total. The van der Waals surface area contributed by atoms with Gasteiger partial charge in [0.05, 0.1) is 12.8 Å². The Bertz CT molecular complexity index is 762. The van der Waals surface area contributed by atoms with Crippen molar-refractivity contribution in [1.29, 1.82) is 0 Å². The molecule has 0 aromatic heterocycles. The van der Waals surface area contributed by atoms with Crippen LogP contribution in [0.3, 0.4) is 0 Å². The third-order valence-corrected chi connectivity index (χ3v) is 3.76. The Morgan fingerprint density at radius 3 is 2.54 bits per heavy atom. The fourth-order valence-electron chi connectivity index (χ4n) is 2.32. The maximum atomic E-state index is 12.4. The average Bonchev–Trinajstić information content (AvgIpc) is 2.55. The van der Waals surface area contributed by atoms with Crippen LogP contribution in [0.5, 0.6) is 5.75 Å². The summed E-state index contributed by atoms with van der Waals surface area (Å²) in [6.07, 6.45) is 0. The zero-order chi connectivity index (χ0) is 17.7. The van der Waals surface area contributed by atoms with Crippen molar-refractivity contribution < 1.29 is 14.3 Å². The molecule has 0 heterocycles. The van der Waals surface area contributed by atoms with Gasteiger partial charge in [0.2, 0.25) is 11.8 Å². The van der Waals surface area contributed by atoms with E-state index in [1.54, 1.807) is 42.5 Å². The number of amides is 2. The van der Waals surface area contributed by atoms with E-state index in [1.807, 2.05) is 6.92 Å². The Morgan fingerprint density at radius 1 is 1.21 bits per heavy atom. The summed E-state index contributed by atoms with van der Waals surface area (Å²) in [4.78, 5) is 25.7. The topological polar surface area (TPSA) is 58.6 Å². The minimum absolute atomic E-state index is 0.113. The van der Waals surface area contributed by atoms with Crippen molar-refractivity contribution in [3.05, 3.63) is 53.1 Å². The van der Waals surface area contributed by atoms with Gasteiger partial charge in [-0.2, -0.15) is 0 Å². The fourth-order valence-corrected chi connectivity index (χ4v) is 2.55. The summed E-state index contributed by atoms with van der Waals surface area (Å²) in [6.45, 7) is 3.15. The van der Waals surface area contributed by atoms with E-state index in [2.05, 4.69) is 5.32 Å². The molecule has 2 aromatic carbocycles. The van der Waals surface area contributed by atoms with Gasteiger partial charge in [-0.25, -0.2) is 0 Å². The zero-order valence-corrected chi connectivity index (χ0v) is 14.6. The van der Waals surface area contributed by atoms with Gasteiger partial charge in [0.25, 0.3) is 0 Å². The predicted octanol–water partition coefficient (Wildman–Crippen LogP) is 3.65. The molecule has 2 aromatic rings. The standard InChI is InChI=1S/C18H19ClN2O3/c1-12-10-14(19)8-9-15(12)20-18(23)11-21(13(2)22)16-6-4-5-7-17(16)24-3/h4-10H,11H2,1-3H3,(H,20,23). The lowest BCUT2D eigenvalue weighted by Crippen LogP contribution is -2.37. The lowest BCUT2D eigenvalue weighted by atomic mass is 10.2. The number of carbonyl (C=O) groups excluding carboxylic acids is 2. The molecular formula is C18H19ClN2O3. The maximum absolute atomic E-state index is 12.4. The molecule has 6 heteroatoms. The highest BCUT2D eigenvalue weighted by Gasteiger charge is 2.19. The number of nitrogens with one attached hydrogen (secondary N) is 1. The first-order chi connectivity index (χ1) is 11.4. The third kappa shape index (κ3) is 4.26. The van der Waals surface area contributed by atoms with E-state index in [-0.39, 0.29) is 18.4 Å². The van der Waals surface area contributed by atoms with Gasteiger partial charge in [0.15, 0.2) is 0 Å². The normalized spacial score (nSPS) is 10.2. The number of para-hydroxylation sites is 2. The van der Waals surface area contributed by atoms with Gasteiger partial charge in [-0.3, -0.25) is 14.5 Å². The number of anilines is 2. The largest absolute Gasteiger partial charge is 0.495 e. The van der Waals surface area contributed by atoms with Gasteiger partial charge in [-0.1, -0.05) is 23.7 Å². The fraction of sp³-hybridized carbons (Fsp3) is 0.222. The van der Waals surface area contributed by atoms with Crippen LogP contribution in [-0.4, -0.2) is 25.5 Å². The predicted molar refractivity (Wildman–Crippen MR) is 95.8 cm³/mol. The van der Waals surface area contributed by atoms with E-state index in [0.29, 0.717) is 22.1 Å². The number of ether oxygens (including phenoxy) is 1. The minimum atomic E-state index is -0.304. The second kappa shape index (κ2) is 7.84. The smallest absolute Gasteiger partial charge is 0.244 e. The third-order valence-electron chi connectivity index (χ3n) is 3.52. The molecule has 0 aliphatic rings. The lowest BCUT2D eigenvalue weighted by molar-refractivity contribution is -0.120. The summed E-state index contributed by atoms with van der Waals surface area (Å²) in [5.41, 5.74) is 2.06. The van der Waals surface area contributed by atoms with Crippen LogP contribution in [0.15, 0.2) is 42.5 Å². The Labute approximate surface area is 146 Å². The molecule has 0 radical (unpaired) electrons. The van der Waals surface area contributed by atoms with Crippen molar-refractivity contribution in [3.63, 3.8) is 0 Å². The highest BCUT2D eigenvalue weighted by molar-refractivity contribution is 6.30. The van der Waals surface area contributed by atoms with Crippen molar-refractivity contribution in [2.24, 2.45) is 0 Å². The monoisotopic (exact) mass is 346 g/mol. The molecular weight excluding hydrogens is 328 g/mol. The molecule has 0 saturated carbocycles. The number of rotatable bonds is 5. The van der Waals surface area contributed by atoms with Crippen LogP contribution >= 0.6 is 11.6 Å². The Kier molecular flexibility index (Phi) is 5.82. The first-order valence-corrected chi connectivity index (χ1v) is 7.77. The van der Waals surface area contributed by atoms with Crippen LogP contribution < -0.4 is 15.0 Å².